The van der Waals surface area contributed by atoms with Gasteiger partial charge in [-0.25, -0.2) is 0 Å². The lowest BCUT2D eigenvalue weighted by Crippen LogP contribution is -1.81. The Hall–Kier alpha value is -0.500. The summed E-state index contributed by atoms with van der Waals surface area (Å²) in [5.41, 5.74) is 2.46. The van der Waals surface area contributed by atoms with E-state index in [1.807, 2.05) is 12.1 Å². The molecule has 1 aromatic rings. The second-order valence-corrected chi connectivity index (χ2v) is 2.54. The highest BCUT2D eigenvalue weighted by Crippen LogP contribution is 2.10. The van der Waals surface area contributed by atoms with Gasteiger partial charge < -0.3 is 4.34 Å². The predicted molar refractivity (Wildman–Crippen MR) is 48.4 cm³/mol. The van der Waals surface area contributed by atoms with Crippen molar-refractivity contribution >= 4 is 21.8 Å². The molecule has 0 saturated heterocycles. The lowest BCUT2D eigenvalue weighted by atomic mass is 10.2. The van der Waals surface area contributed by atoms with Crippen LogP contribution in [0.4, 0.5) is 5.69 Å². The summed E-state index contributed by atoms with van der Waals surface area (Å²) in [7, 11) is 0. The van der Waals surface area contributed by atoms with Crippen molar-refractivity contribution in [3.8, 4) is 0 Å². The van der Waals surface area contributed by atoms with Gasteiger partial charge in [0.15, 0.2) is 0 Å². The smallest absolute Gasteiger partial charge is 0.0465 e. The molecule has 0 fully saturated rings. The SMILES string of the molecule is CCc1ccc(NBr)cc1. The van der Waals surface area contributed by atoms with Crippen molar-refractivity contribution in [2.75, 3.05) is 4.34 Å². The summed E-state index contributed by atoms with van der Waals surface area (Å²) in [6, 6.07) is 8.33. The molecule has 0 aliphatic heterocycles. The van der Waals surface area contributed by atoms with E-state index in [-0.39, 0.29) is 0 Å². The van der Waals surface area contributed by atoms with Crippen LogP contribution in [0.25, 0.3) is 0 Å². The molecule has 0 unspecified atom stereocenters. The Labute approximate surface area is 69.8 Å². The van der Waals surface area contributed by atoms with E-state index in [9.17, 15) is 0 Å². The summed E-state index contributed by atoms with van der Waals surface area (Å²) in [5.74, 6) is 0. The molecular weight excluding hydrogens is 190 g/mol. The van der Waals surface area contributed by atoms with E-state index in [0.717, 1.165) is 12.1 Å². The highest BCUT2D eigenvalue weighted by atomic mass is 79.9. The molecule has 1 N–H and O–H groups in total. The van der Waals surface area contributed by atoms with Crippen LogP contribution in [0.5, 0.6) is 0 Å². The molecule has 0 amide bonds. The number of halogens is 1. The Bertz CT molecular complexity index is 170. The standard InChI is InChI=1S/C8H10BrN/c1-2-7-3-5-8(10-9)6-4-7/h3-6,10H,2H2,1H3. The number of anilines is 1. The van der Waals surface area contributed by atoms with E-state index < -0.39 is 0 Å². The van der Waals surface area contributed by atoms with Crippen molar-refractivity contribution in [3.63, 3.8) is 0 Å². The van der Waals surface area contributed by atoms with E-state index in [2.05, 4.69) is 39.5 Å². The molecule has 10 heavy (non-hydrogen) atoms. The number of hydrogen-bond donors (Lipinski definition) is 1. The summed E-state index contributed by atoms with van der Waals surface area (Å²) in [4.78, 5) is 0. The average molecular weight is 200 g/mol. The summed E-state index contributed by atoms with van der Waals surface area (Å²) < 4.78 is 2.89. The first-order chi connectivity index (χ1) is 4.86. The van der Waals surface area contributed by atoms with Crippen LogP contribution in [-0.2, 0) is 6.42 Å². The fraction of sp³-hybridized carbons (Fsp3) is 0.250. The van der Waals surface area contributed by atoms with Gasteiger partial charge in [0.25, 0.3) is 0 Å². The Morgan fingerprint density at radius 1 is 1.30 bits per heavy atom. The van der Waals surface area contributed by atoms with E-state index in [0.29, 0.717) is 0 Å². The van der Waals surface area contributed by atoms with Crippen molar-refractivity contribution in [3.05, 3.63) is 29.8 Å². The molecule has 0 heterocycles. The summed E-state index contributed by atoms with van der Waals surface area (Å²) in [6.45, 7) is 2.15. The van der Waals surface area contributed by atoms with Gasteiger partial charge in [0, 0.05) is 21.8 Å². The molecule has 1 nitrogen and oxygen atoms in total. The molecule has 0 aliphatic rings. The fourth-order valence-electron chi connectivity index (χ4n) is 0.803. The number of nitrogens with one attached hydrogen (secondary N) is 1. The molecule has 0 aliphatic carbocycles. The first kappa shape index (κ1) is 7.61. The van der Waals surface area contributed by atoms with Gasteiger partial charge in [0.1, 0.15) is 0 Å². The lowest BCUT2D eigenvalue weighted by molar-refractivity contribution is 1.14. The molecule has 54 valence electrons. The molecule has 2 heteroatoms. The monoisotopic (exact) mass is 199 g/mol. The number of benzene rings is 1. The predicted octanol–water partition coefficient (Wildman–Crippen LogP) is 2.97. The molecule has 0 saturated carbocycles. The first-order valence-electron chi connectivity index (χ1n) is 3.32. The van der Waals surface area contributed by atoms with Gasteiger partial charge in [0.05, 0.1) is 0 Å². The second-order valence-electron chi connectivity index (χ2n) is 2.14. The third-order valence-electron chi connectivity index (χ3n) is 1.47. The van der Waals surface area contributed by atoms with Crippen LogP contribution in [0, 0.1) is 0 Å². The maximum Gasteiger partial charge on any atom is 0.0465 e. The van der Waals surface area contributed by atoms with Gasteiger partial charge in [-0.15, -0.1) is 0 Å². The van der Waals surface area contributed by atoms with Crippen LogP contribution < -0.4 is 4.34 Å². The summed E-state index contributed by atoms with van der Waals surface area (Å²) in [6.07, 6.45) is 1.10. The van der Waals surface area contributed by atoms with Gasteiger partial charge in [-0.2, -0.15) is 0 Å². The van der Waals surface area contributed by atoms with Crippen molar-refractivity contribution in [1.29, 1.82) is 0 Å². The fourth-order valence-corrected chi connectivity index (χ4v) is 1.07. The minimum Gasteiger partial charge on any atom is -0.322 e. The molecule has 0 bridgehead atoms. The second kappa shape index (κ2) is 3.62. The number of aryl methyl sites for hydroxylation is 1. The third-order valence-corrected chi connectivity index (χ3v) is 1.93. The molecule has 0 aromatic heterocycles. The molecular formula is C8H10BrN. The van der Waals surface area contributed by atoms with Crippen LogP contribution >= 0.6 is 16.1 Å². The van der Waals surface area contributed by atoms with Crippen molar-refractivity contribution in [1.82, 2.24) is 0 Å². The van der Waals surface area contributed by atoms with Crippen LogP contribution in [0.15, 0.2) is 24.3 Å². The zero-order valence-corrected chi connectivity index (χ0v) is 7.48. The highest BCUT2D eigenvalue weighted by molar-refractivity contribution is 9.10. The molecule has 1 rings (SSSR count). The zero-order chi connectivity index (χ0) is 7.40. The molecule has 0 atom stereocenters. The van der Waals surface area contributed by atoms with Crippen molar-refractivity contribution in [2.24, 2.45) is 0 Å². The lowest BCUT2D eigenvalue weighted by Gasteiger charge is -1.98. The Morgan fingerprint density at radius 2 is 1.90 bits per heavy atom. The minimum atomic E-state index is 1.09. The largest absolute Gasteiger partial charge is 0.322 e. The van der Waals surface area contributed by atoms with Crippen molar-refractivity contribution < 1.29 is 0 Å². The van der Waals surface area contributed by atoms with E-state index in [1.165, 1.54) is 5.56 Å². The maximum absolute atomic E-state index is 3.15. The minimum absolute atomic E-state index is 1.09. The van der Waals surface area contributed by atoms with Gasteiger partial charge in [-0.1, -0.05) is 19.1 Å². The third kappa shape index (κ3) is 1.74. The van der Waals surface area contributed by atoms with Gasteiger partial charge in [-0.3, -0.25) is 0 Å². The molecule has 0 radical (unpaired) electrons. The summed E-state index contributed by atoms with van der Waals surface area (Å²) >= 11 is 3.15. The summed E-state index contributed by atoms with van der Waals surface area (Å²) in [5, 5.41) is 0. The van der Waals surface area contributed by atoms with Crippen LogP contribution in [0.1, 0.15) is 12.5 Å². The molecule has 1 aromatic carbocycles. The Balaban J connectivity index is 2.80. The highest BCUT2D eigenvalue weighted by Gasteiger charge is 1.88. The Morgan fingerprint density at radius 3 is 2.30 bits per heavy atom. The van der Waals surface area contributed by atoms with Gasteiger partial charge >= 0.3 is 0 Å². The van der Waals surface area contributed by atoms with Gasteiger partial charge in [0.2, 0.25) is 0 Å². The average Bonchev–Trinajstić information content (AvgIpc) is 2.05. The van der Waals surface area contributed by atoms with E-state index in [1.54, 1.807) is 0 Å². The normalized spacial score (nSPS) is 9.40. The van der Waals surface area contributed by atoms with E-state index >= 15 is 0 Å². The van der Waals surface area contributed by atoms with E-state index in [4.69, 9.17) is 0 Å². The zero-order valence-electron chi connectivity index (χ0n) is 5.89. The van der Waals surface area contributed by atoms with Gasteiger partial charge in [-0.05, 0) is 24.1 Å². The van der Waals surface area contributed by atoms with Crippen LogP contribution in [-0.4, -0.2) is 0 Å². The Kier molecular flexibility index (Phi) is 2.75. The van der Waals surface area contributed by atoms with Crippen molar-refractivity contribution in [2.45, 2.75) is 13.3 Å². The first-order valence-corrected chi connectivity index (χ1v) is 4.11. The van der Waals surface area contributed by atoms with Crippen LogP contribution in [0.2, 0.25) is 0 Å². The van der Waals surface area contributed by atoms with Crippen LogP contribution in [0.3, 0.4) is 0 Å². The maximum atomic E-state index is 3.15. The quantitative estimate of drug-likeness (QED) is 0.723. The number of rotatable bonds is 2. The topological polar surface area (TPSA) is 12.0 Å². The number of hydrogen-bond acceptors (Lipinski definition) is 1. The molecule has 0 spiro atoms.